The van der Waals surface area contributed by atoms with Gasteiger partial charge >= 0.3 is 0 Å². The SMILES string of the molecule is CCC(CC)(N1CCCC1)N1CCC1. The Bertz CT molecular complexity index is 177. The molecule has 0 aromatic rings. The minimum Gasteiger partial charge on any atom is -0.285 e. The molecule has 2 nitrogen and oxygen atoms in total. The molecule has 2 fully saturated rings. The lowest BCUT2D eigenvalue weighted by molar-refractivity contribution is -0.0869. The van der Waals surface area contributed by atoms with Gasteiger partial charge in [0.1, 0.15) is 0 Å². The van der Waals surface area contributed by atoms with Crippen molar-refractivity contribution in [1.82, 2.24) is 9.80 Å². The molecule has 0 N–H and O–H groups in total. The second-order valence-corrected chi connectivity index (χ2v) is 4.72. The normalized spacial score (nSPS) is 25.3. The Morgan fingerprint density at radius 2 is 1.21 bits per heavy atom. The summed E-state index contributed by atoms with van der Waals surface area (Å²) in [5, 5.41) is 0. The number of hydrogen-bond acceptors (Lipinski definition) is 2. The fraction of sp³-hybridized carbons (Fsp3) is 1.00. The quantitative estimate of drug-likeness (QED) is 0.681. The van der Waals surface area contributed by atoms with Gasteiger partial charge in [0, 0.05) is 13.1 Å². The highest BCUT2D eigenvalue weighted by atomic mass is 15.4. The standard InChI is InChI=1S/C12H24N2/c1-3-12(4-2,14-10-7-11-14)13-8-5-6-9-13/h3-11H2,1-2H3. The first kappa shape index (κ1) is 10.4. The number of rotatable bonds is 4. The maximum Gasteiger partial charge on any atom is 0.0732 e. The molecule has 0 unspecified atom stereocenters. The van der Waals surface area contributed by atoms with Crippen molar-refractivity contribution in [3.05, 3.63) is 0 Å². The molecule has 2 saturated heterocycles. The Morgan fingerprint density at radius 3 is 1.50 bits per heavy atom. The van der Waals surface area contributed by atoms with E-state index < -0.39 is 0 Å². The molecule has 2 heteroatoms. The second kappa shape index (κ2) is 4.19. The van der Waals surface area contributed by atoms with Gasteiger partial charge in [0.15, 0.2) is 0 Å². The molecule has 0 amide bonds. The third-order valence-electron chi connectivity index (χ3n) is 4.27. The molecule has 2 heterocycles. The van der Waals surface area contributed by atoms with Crippen molar-refractivity contribution in [2.75, 3.05) is 26.2 Å². The van der Waals surface area contributed by atoms with Crippen LogP contribution in [0.4, 0.5) is 0 Å². The van der Waals surface area contributed by atoms with Crippen LogP contribution in [0.1, 0.15) is 46.0 Å². The van der Waals surface area contributed by atoms with Gasteiger partial charge in [0.2, 0.25) is 0 Å². The topological polar surface area (TPSA) is 6.48 Å². The molecule has 0 spiro atoms. The van der Waals surface area contributed by atoms with Crippen molar-refractivity contribution in [1.29, 1.82) is 0 Å². The Labute approximate surface area is 88.3 Å². The third kappa shape index (κ3) is 1.49. The van der Waals surface area contributed by atoms with Crippen LogP contribution in [0.2, 0.25) is 0 Å². The van der Waals surface area contributed by atoms with Gasteiger partial charge in [-0.15, -0.1) is 0 Å². The summed E-state index contributed by atoms with van der Waals surface area (Å²) in [4.78, 5) is 5.45. The van der Waals surface area contributed by atoms with Crippen LogP contribution in [0, 0.1) is 0 Å². The smallest absolute Gasteiger partial charge is 0.0732 e. The fourth-order valence-electron chi connectivity index (χ4n) is 3.21. The first-order valence-corrected chi connectivity index (χ1v) is 6.33. The highest BCUT2D eigenvalue weighted by Gasteiger charge is 2.42. The fourth-order valence-corrected chi connectivity index (χ4v) is 3.21. The summed E-state index contributed by atoms with van der Waals surface area (Å²) in [6.45, 7) is 10.0. The zero-order chi connectivity index (χ0) is 10.0. The zero-order valence-electron chi connectivity index (χ0n) is 9.76. The van der Waals surface area contributed by atoms with E-state index in [2.05, 4.69) is 23.6 Å². The molecular formula is C12H24N2. The predicted octanol–water partition coefficient (Wildman–Crippen LogP) is 2.30. The maximum atomic E-state index is 2.74. The Hall–Kier alpha value is -0.0800. The summed E-state index contributed by atoms with van der Waals surface area (Å²) in [7, 11) is 0. The monoisotopic (exact) mass is 196 g/mol. The molecule has 14 heavy (non-hydrogen) atoms. The van der Waals surface area contributed by atoms with E-state index in [1.807, 2.05) is 0 Å². The summed E-state index contributed by atoms with van der Waals surface area (Å²) in [5.41, 5.74) is 0.425. The van der Waals surface area contributed by atoms with E-state index in [4.69, 9.17) is 0 Å². The molecule has 0 radical (unpaired) electrons. The van der Waals surface area contributed by atoms with Gasteiger partial charge in [-0.3, -0.25) is 9.80 Å². The lowest BCUT2D eigenvalue weighted by Crippen LogP contribution is -2.63. The van der Waals surface area contributed by atoms with E-state index in [0.717, 1.165) is 0 Å². The van der Waals surface area contributed by atoms with Gasteiger partial charge in [-0.1, -0.05) is 13.8 Å². The van der Waals surface area contributed by atoms with Crippen LogP contribution in [-0.4, -0.2) is 41.6 Å². The van der Waals surface area contributed by atoms with E-state index in [1.165, 1.54) is 58.3 Å². The predicted molar refractivity (Wildman–Crippen MR) is 60.3 cm³/mol. The lowest BCUT2D eigenvalue weighted by atomic mass is 9.95. The van der Waals surface area contributed by atoms with Crippen molar-refractivity contribution in [2.24, 2.45) is 0 Å². The van der Waals surface area contributed by atoms with Gasteiger partial charge in [0.25, 0.3) is 0 Å². The highest BCUT2D eigenvalue weighted by Crippen LogP contribution is 2.34. The molecule has 0 saturated carbocycles. The largest absolute Gasteiger partial charge is 0.285 e. The third-order valence-corrected chi connectivity index (χ3v) is 4.27. The molecule has 0 atom stereocenters. The van der Waals surface area contributed by atoms with E-state index in [9.17, 15) is 0 Å². The molecular weight excluding hydrogens is 172 g/mol. The van der Waals surface area contributed by atoms with Crippen LogP contribution in [0.3, 0.4) is 0 Å². The highest BCUT2D eigenvalue weighted by molar-refractivity contribution is 4.94. The van der Waals surface area contributed by atoms with Crippen molar-refractivity contribution >= 4 is 0 Å². The average molecular weight is 196 g/mol. The Kier molecular flexibility index (Phi) is 3.13. The van der Waals surface area contributed by atoms with Gasteiger partial charge in [-0.25, -0.2) is 0 Å². The van der Waals surface area contributed by atoms with E-state index in [-0.39, 0.29) is 0 Å². The van der Waals surface area contributed by atoms with Crippen molar-refractivity contribution < 1.29 is 0 Å². The van der Waals surface area contributed by atoms with E-state index in [0.29, 0.717) is 5.66 Å². The first-order valence-electron chi connectivity index (χ1n) is 6.33. The molecule has 2 aliphatic rings. The molecule has 0 aromatic carbocycles. The summed E-state index contributed by atoms with van der Waals surface area (Å²) < 4.78 is 0. The van der Waals surface area contributed by atoms with Gasteiger partial charge in [0.05, 0.1) is 5.66 Å². The van der Waals surface area contributed by atoms with Crippen LogP contribution < -0.4 is 0 Å². The molecule has 82 valence electrons. The van der Waals surface area contributed by atoms with Crippen LogP contribution >= 0.6 is 0 Å². The molecule has 0 bridgehead atoms. The zero-order valence-corrected chi connectivity index (χ0v) is 9.76. The summed E-state index contributed by atoms with van der Waals surface area (Å²) in [5.74, 6) is 0. The molecule has 2 aliphatic heterocycles. The Morgan fingerprint density at radius 1 is 0.786 bits per heavy atom. The minimum absolute atomic E-state index is 0.425. The summed E-state index contributed by atoms with van der Waals surface area (Å²) >= 11 is 0. The van der Waals surface area contributed by atoms with Gasteiger partial charge < -0.3 is 0 Å². The summed E-state index contributed by atoms with van der Waals surface area (Å²) in [6.07, 6.45) is 6.83. The van der Waals surface area contributed by atoms with Crippen molar-refractivity contribution in [2.45, 2.75) is 51.6 Å². The van der Waals surface area contributed by atoms with Crippen LogP contribution in [-0.2, 0) is 0 Å². The van der Waals surface area contributed by atoms with Crippen LogP contribution in [0.15, 0.2) is 0 Å². The van der Waals surface area contributed by atoms with Crippen LogP contribution in [0.25, 0.3) is 0 Å². The number of likely N-dealkylation sites (tertiary alicyclic amines) is 2. The van der Waals surface area contributed by atoms with Gasteiger partial charge in [-0.05, 0) is 45.2 Å². The van der Waals surface area contributed by atoms with Crippen LogP contribution in [0.5, 0.6) is 0 Å². The Balaban J connectivity index is 2.09. The van der Waals surface area contributed by atoms with Crippen molar-refractivity contribution in [3.63, 3.8) is 0 Å². The van der Waals surface area contributed by atoms with Crippen molar-refractivity contribution in [3.8, 4) is 0 Å². The minimum atomic E-state index is 0.425. The summed E-state index contributed by atoms with van der Waals surface area (Å²) in [6, 6.07) is 0. The average Bonchev–Trinajstić information content (AvgIpc) is 2.64. The first-order chi connectivity index (χ1) is 6.83. The second-order valence-electron chi connectivity index (χ2n) is 4.72. The molecule has 0 aromatic heterocycles. The number of hydrogen-bond donors (Lipinski definition) is 0. The lowest BCUT2D eigenvalue weighted by Gasteiger charge is -2.53. The number of nitrogens with zero attached hydrogens (tertiary/aromatic N) is 2. The molecule has 2 rings (SSSR count). The molecule has 0 aliphatic carbocycles. The van der Waals surface area contributed by atoms with E-state index >= 15 is 0 Å². The van der Waals surface area contributed by atoms with Gasteiger partial charge in [-0.2, -0.15) is 0 Å². The van der Waals surface area contributed by atoms with E-state index in [1.54, 1.807) is 0 Å². The maximum absolute atomic E-state index is 2.74.